The number of hydrogen-bond acceptors (Lipinski definition) is 3. The van der Waals surface area contributed by atoms with Crippen LogP contribution in [0.1, 0.15) is 30.0 Å². The third kappa shape index (κ3) is 1.50. The molecule has 3 rings (SSSR count). The van der Waals surface area contributed by atoms with E-state index in [-0.39, 0.29) is 6.04 Å². The van der Waals surface area contributed by atoms with E-state index in [1.807, 2.05) is 38.1 Å². The maximum Gasteiger partial charge on any atom is 0.169 e. The van der Waals surface area contributed by atoms with Gasteiger partial charge in [0.25, 0.3) is 0 Å². The summed E-state index contributed by atoms with van der Waals surface area (Å²) in [6.07, 6.45) is 0. The normalized spacial score (nSPS) is 18.1. The van der Waals surface area contributed by atoms with Crippen LogP contribution in [0, 0.1) is 6.92 Å². The molecule has 0 fully saturated rings. The van der Waals surface area contributed by atoms with Crippen molar-refractivity contribution >= 4 is 16.8 Å². The van der Waals surface area contributed by atoms with Crippen LogP contribution in [0.15, 0.2) is 33.8 Å². The van der Waals surface area contributed by atoms with Crippen molar-refractivity contribution in [1.29, 1.82) is 0 Å². The third-order valence-corrected chi connectivity index (χ3v) is 3.30. The number of fused-ring (bicyclic) bond motifs is 3. The lowest BCUT2D eigenvalue weighted by atomic mass is 9.98. The lowest BCUT2D eigenvalue weighted by Gasteiger charge is -2.04. The summed E-state index contributed by atoms with van der Waals surface area (Å²) in [5.74, 6) is 0.783. The summed E-state index contributed by atoms with van der Waals surface area (Å²) in [4.78, 5) is 4.42. The van der Waals surface area contributed by atoms with Crippen molar-refractivity contribution in [1.82, 2.24) is 5.16 Å². The Balaban J connectivity index is 2.40. The zero-order valence-corrected chi connectivity index (χ0v) is 10.3. The number of aryl methyl sites for hydroxylation is 1. The van der Waals surface area contributed by atoms with Gasteiger partial charge in [-0.25, -0.2) is 0 Å². The highest BCUT2D eigenvalue weighted by Crippen LogP contribution is 2.38. The first kappa shape index (κ1) is 10.5. The van der Waals surface area contributed by atoms with E-state index in [1.54, 1.807) is 0 Å². The summed E-state index contributed by atoms with van der Waals surface area (Å²) >= 11 is 6.23. The molecule has 0 saturated heterocycles. The van der Waals surface area contributed by atoms with E-state index in [0.29, 0.717) is 5.17 Å². The van der Waals surface area contributed by atoms with Gasteiger partial charge in [-0.3, -0.25) is 4.99 Å². The van der Waals surface area contributed by atoms with Crippen LogP contribution in [0.2, 0.25) is 0 Å². The topological polar surface area (TPSA) is 38.4 Å². The molecule has 1 unspecified atom stereocenters. The van der Waals surface area contributed by atoms with Crippen LogP contribution in [-0.2, 0) is 0 Å². The molecular formula is C13H11ClN2O. The van der Waals surface area contributed by atoms with E-state index in [1.165, 1.54) is 0 Å². The van der Waals surface area contributed by atoms with Crippen molar-refractivity contribution < 1.29 is 4.52 Å². The van der Waals surface area contributed by atoms with Gasteiger partial charge in [-0.1, -0.05) is 41.0 Å². The molecule has 0 spiro atoms. The fourth-order valence-electron chi connectivity index (χ4n) is 2.18. The monoisotopic (exact) mass is 246 g/mol. The largest absolute Gasteiger partial charge is 0.358 e. The van der Waals surface area contributed by atoms with Gasteiger partial charge in [0, 0.05) is 5.56 Å². The number of aromatic nitrogens is 1. The molecule has 0 N–H and O–H groups in total. The molecule has 1 aliphatic rings. The highest BCUT2D eigenvalue weighted by atomic mass is 35.5. The van der Waals surface area contributed by atoms with Crippen LogP contribution >= 0.6 is 11.6 Å². The Morgan fingerprint density at radius 3 is 2.71 bits per heavy atom. The average Bonchev–Trinajstić information content (AvgIpc) is 2.66. The molecule has 1 aliphatic heterocycles. The highest BCUT2D eigenvalue weighted by Gasteiger charge is 2.26. The van der Waals surface area contributed by atoms with Crippen molar-refractivity contribution in [2.45, 2.75) is 19.9 Å². The second-order valence-corrected chi connectivity index (χ2v) is 4.51. The van der Waals surface area contributed by atoms with Gasteiger partial charge in [-0.05, 0) is 19.4 Å². The molecular weight excluding hydrogens is 236 g/mol. The van der Waals surface area contributed by atoms with Crippen molar-refractivity contribution in [2.75, 3.05) is 0 Å². The number of benzene rings is 1. The molecule has 2 aromatic rings. The predicted molar refractivity (Wildman–Crippen MR) is 67.5 cm³/mol. The maximum atomic E-state index is 6.23. The molecule has 0 bridgehead atoms. The Morgan fingerprint density at radius 2 is 1.94 bits per heavy atom. The first-order valence-electron chi connectivity index (χ1n) is 5.47. The summed E-state index contributed by atoms with van der Waals surface area (Å²) in [6, 6.07) is 7.82. The standard InChI is InChI=1S/C13H11ClN2O/c1-7-11-9-5-3-4-6-10(9)13(14)15-8(2)12(11)17-16-7/h3-6,8H,1-2H3. The Hall–Kier alpha value is -1.61. The zero-order chi connectivity index (χ0) is 12.0. The Morgan fingerprint density at radius 1 is 1.24 bits per heavy atom. The lowest BCUT2D eigenvalue weighted by molar-refractivity contribution is 0.366. The third-order valence-electron chi connectivity index (χ3n) is 2.99. The van der Waals surface area contributed by atoms with E-state index in [2.05, 4.69) is 10.1 Å². The molecule has 0 saturated carbocycles. The SMILES string of the molecule is Cc1noc2c1-c1ccccc1C(Cl)=NC2C. The van der Waals surface area contributed by atoms with Gasteiger partial charge in [-0.2, -0.15) is 0 Å². The molecule has 1 aromatic heterocycles. The number of halogens is 1. The number of hydrogen-bond donors (Lipinski definition) is 0. The van der Waals surface area contributed by atoms with Crippen molar-refractivity contribution in [3.05, 3.63) is 41.3 Å². The Kier molecular flexibility index (Phi) is 2.30. The molecule has 0 amide bonds. The minimum absolute atomic E-state index is 0.105. The van der Waals surface area contributed by atoms with Crippen LogP contribution < -0.4 is 0 Å². The van der Waals surface area contributed by atoms with E-state index in [9.17, 15) is 0 Å². The minimum atomic E-state index is -0.105. The Bertz CT molecular complexity index is 616. The van der Waals surface area contributed by atoms with Gasteiger partial charge in [-0.15, -0.1) is 0 Å². The molecule has 0 aliphatic carbocycles. The second-order valence-electron chi connectivity index (χ2n) is 4.15. The van der Waals surface area contributed by atoms with Gasteiger partial charge < -0.3 is 4.52 Å². The molecule has 0 radical (unpaired) electrons. The van der Waals surface area contributed by atoms with E-state index in [4.69, 9.17) is 16.1 Å². The minimum Gasteiger partial charge on any atom is -0.358 e. The number of rotatable bonds is 0. The summed E-state index contributed by atoms with van der Waals surface area (Å²) in [7, 11) is 0. The number of nitrogens with zero attached hydrogens (tertiary/aromatic N) is 2. The van der Waals surface area contributed by atoms with Crippen LogP contribution in [-0.4, -0.2) is 10.3 Å². The van der Waals surface area contributed by atoms with Crippen LogP contribution in [0.4, 0.5) is 0 Å². The fourth-order valence-corrected chi connectivity index (χ4v) is 2.49. The summed E-state index contributed by atoms with van der Waals surface area (Å²) in [6.45, 7) is 3.89. The van der Waals surface area contributed by atoms with E-state index in [0.717, 1.165) is 28.1 Å². The van der Waals surface area contributed by atoms with E-state index < -0.39 is 0 Å². The zero-order valence-electron chi connectivity index (χ0n) is 9.57. The van der Waals surface area contributed by atoms with Crippen molar-refractivity contribution in [2.24, 2.45) is 4.99 Å². The first-order valence-corrected chi connectivity index (χ1v) is 5.85. The van der Waals surface area contributed by atoms with E-state index >= 15 is 0 Å². The highest BCUT2D eigenvalue weighted by molar-refractivity contribution is 6.70. The van der Waals surface area contributed by atoms with Gasteiger partial charge in [0.05, 0.1) is 11.3 Å². The molecule has 86 valence electrons. The smallest absolute Gasteiger partial charge is 0.169 e. The molecule has 17 heavy (non-hydrogen) atoms. The van der Waals surface area contributed by atoms with Crippen LogP contribution in [0.25, 0.3) is 11.1 Å². The molecule has 4 heteroatoms. The van der Waals surface area contributed by atoms with Crippen LogP contribution in [0.5, 0.6) is 0 Å². The van der Waals surface area contributed by atoms with Gasteiger partial charge in [0.1, 0.15) is 11.2 Å². The second kappa shape index (κ2) is 3.70. The van der Waals surface area contributed by atoms with Gasteiger partial charge in [0.2, 0.25) is 0 Å². The summed E-state index contributed by atoms with van der Waals surface area (Å²) < 4.78 is 5.37. The summed E-state index contributed by atoms with van der Waals surface area (Å²) in [5, 5.41) is 4.55. The van der Waals surface area contributed by atoms with Crippen molar-refractivity contribution in [3.8, 4) is 11.1 Å². The fraction of sp³-hybridized carbons (Fsp3) is 0.231. The molecule has 1 aromatic carbocycles. The first-order chi connectivity index (χ1) is 8.18. The Labute approximate surface area is 104 Å². The molecule has 3 nitrogen and oxygen atoms in total. The average molecular weight is 247 g/mol. The quantitative estimate of drug-likeness (QED) is 0.711. The maximum absolute atomic E-state index is 6.23. The van der Waals surface area contributed by atoms with Gasteiger partial charge >= 0.3 is 0 Å². The number of aliphatic imine (C=N–C) groups is 1. The predicted octanol–water partition coefficient (Wildman–Crippen LogP) is 3.71. The lowest BCUT2D eigenvalue weighted by Crippen LogP contribution is -1.93. The summed E-state index contributed by atoms with van der Waals surface area (Å²) in [5.41, 5.74) is 3.87. The van der Waals surface area contributed by atoms with Gasteiger partial charge in [0.15, 0.2) is 5.76 Å². The molecule has 1 atom stereocenters. The van der Waals surface area contributed by atoms with Crippen molar-refractivity contribution in [3.63, 3.8) is 0 Å². The van der Waals surface area contributed by atoms with Crippen LogP contribution in [0.3, 0.4) is 0 Å². The molecule has 2 heterocycles.